The normalized spacial score (nSPS) is 14.0. The molecule has 0 saturated carbocycles. The van der Waals surface area contributed by atoms with Gasteiger partial charge in [-0.2, -0.15) is 13.2 Å². The molecule has 0 aliphatic heterocycles. The summed E-state index contributed by atoms with van der Waals surface area (Å²) < 4.78 is 34.0. The summed E-state index contributed by atoms with van der Waals surface area (Å²) in [5.41, 5.74) is 0. The molecule has 0 aromatic heterocycles. The predicted octanol–water partition coefficient (Wildman–Crippen LogP) is 2.40. The van der Waals surface area contributed by atoms with Gasteiger partial charge in [0.2, 0.25) is 0 Å². The standard InChI is InChI=1S/C5H7F3O/c1-2-3-4(9)5(6,7)8/h3,9H,2H2,1H3/b4-3+. The van der Waals surface area contributed by atoms with E-state index in [0.29, 0.717) is 0 Å². The summed E-state index contributed by atoms with van der Waals surface area (Å²) in [6.07, 6.45) is -3.67. The number of hydrogen-bond acceptors (Lipinski definition) is 1. The fraction of sp³-hybridized carbons (Fsp3) is 0.600. The van der Waals surface area contributed by atoms with Gasteiger partial charge < -0.3 is 5.11 Å². The Labute approximate surface area is 50.8 Å². The Morgan fingerprint density at radius 2 is 2.00 bits per heavy atom. The molecule has 0 rings (SSSR count). The van der Waals surface area contributed by atoms with Crippen LogP contribution >= 0.6 is 0 Å². The Morgan fingerprint density at radius 1 is 1.56 bits per heavy atom. The van der Waals surface area contributed by atoms with Crippen LogP contribution in [0.25, 0.3) is 0 Å². The minimum Gasteiger partial charge on any atom is -0.504 e. The monoisotopic (exact) mass is 140 g/mol. The van der Waals surface area contributed by atoms with Gasteiger partial charge in [0.25, 0.3) is 0 Å². The van der Waals surface area contributed by atoms with Crippen LogP contribution in [-0.4, -0.2) is 11.3 Å². The van der Waals surface area contributed by atoms with Gasteiger partial charge in [-0.05, 0) is 12.5 Å². The number of alkyl halides is 3. The average Bonchev–Trinajstić information content (AvgIpc) is 1.64. The van der Waals surface area contributed by atoms with Gasteiger partial charge in [0.1, 0.15) is 0 Å². The first-order valence-electron chi connectivity index (χ1n) is 2.44. The zero-order valence-corrected chi connectivity index (χ0v) is 4.87. The SMILES string of the molecule is CC/C=C(/O)C(F)(F)F. The van der Waals surface area contributed by atoms with Crippen molar-refractivity contribution in [1.29, 1.82) is 0 Å². The molecule has 0 bridgehead atoms. The van der Waals surface area contributed by atoms with Crippen LogP contribution < -0.4 is 0 Å². The van der Waals surface area contributed by atoms with Crippen molar-refractivity contribution in [3.05, 3.63) is 11.8 Å². The van der Waals surface area contributed by atoms with Gasteiger partial charge in [0.05, 0.1) is 0 Å². The maximum atomic E-state index is 11.3. The number of aliphatic hydroxyl groups is 1. The highest BCUT2D eigenvalue weighted by Crippen LogP contribution is 2.22. The molecule has 4 heteroatoms. The van der Waals surface area contributed by atoms with E-state index in [2.05, 4.69) is 0 Å². The lowest BCUT2D eigenvalue weighted by atomic mass is 10.4. The summed E-state index contributed by atoms with van der Waals surface area (Å²) in [5, 5.41) is 8.12. The highest BCUT2D eigenvalue weighted by atomic mass is 19.4. The highest BCUT2D eigenvalue weighted by molar-refractivity contribution is 4.97. The summed E-state index contributed by atoms with van der Waals surface area (Å²) in [6.45, 7) is 1.52. The van der Waals surface area contributed by atoms with E-state index in [4.69, 9.17) is 5.11 Å². The fourth-order valence-corrected chi connectivity index (χ4v) is 0.309. The molecule has 9 heavy (non-hydrogen) atoms. The number of halogens is 3. The van der Waals surface area contributed by atoms with Crippen molar-refractivity contribution in [2.75, 3.05) is 0 Å². The van der Waals surface area contributed by atoms with Crippen molar-refractivity contribution in [3.8, 4) is 0 Å². The van der Waals surface area contributed by atoms with Crippen molar-refractivity contribution in [2.24, 2.45) is 0 Å². The van der Waals surface area contributed by atoms with Crippen molar-refractivity contribution in [3.63, 3.8) is 0 Å². The number of hydrogen-bond donors (Lipinski definition) is 1. The molecule has 0 aromatic rings. The average molecular weight is 140 g/mol. The maximum absolute atomic E-state index is 11.3. The van der Waals surface area contributed by atoms with E-state index in [9.17, 15) is 13.2 Å². The van der Waals surface area contributed by atoms with E-state index in [1.807, 2.05) is 0 Å². The van der Waals surface area contributed by atoms with E-state index in [0.717, 1.165) is 6.08 Å². The molecule has 0 fully saturated rings. The Kier molecular flexibility index (Phi) is 2.55. The van der Waals surface area contributed by atoms with E-state index >= 15 is 0 Å². The van der Waals surface area contributed by atoms with E-state index in [1.165, 1.54) is 6.92 Å². The van der Waals surface area contributed by atoms with Gasteiger partial charge in [-0.1, -0.05) is 6.92 Å². The lowest BCUT2D eigenvalue weighted by Gasteiger charge is -2.02. The molecule has 0 spiro atoms. The number of aliphatic hydroxyl groups excluding tert-OH is 1. The Balaban J connectivity index is 4.03. The minimum absolute atomic E-state index is 0.186. The molecule has 0 heterocycles. The van der Waals surface area contributed by atoms with Crippen LogP contribution in [0.2, 0.25) is 0 Å². The van der Waals surface area contributed by atoms with Crippen molar-refractivity contribution in [2.45, 2.75) is 19.5 Å². The largest absolute Gasteiger partial charge is 0.504 e. The van der Waals surface area contributed by atoms with Gasteiger partial charge in [0.15, 0.2) is 5.76 Å². The Morgan fingerprint density at radius 3 is 2.11 bits per heavy atom. The van der Waals surface area contributed by atoms with Crippen LogP contribution in [0.3, 0.4) is 0 Å². The molecule has 1 N–H and O–H groups in total. The molecular formula is C5H7F3O. The van der Waals surface area contributed by atoms with Crippen LogP contribution in [-0.2, 0) is 0 Å². The summed E-state index contributed by atoms with van der Waals surface area (Å²) in [7, 11) is 0. The Bertz CT molecular complexity index is 114. The van der Waals surface area contributed by atoms with Crippen LogP contribution in [0.5, 0.6) is 0 Å². The van der Waals surface area contributed by atoms with Crippen LogP contribution in [0, 0.1) is 0 Å². The molecule has 0 amide bonds. The van der Waals surface area contributed by atoms with E-state index in [1.54, 1.807) is 0 Å². The summed E-state index contributed by atoms with van der Waals surface area (Å²) in [4.78, 5) is 0. The molecule has 0 saturated heterocycles. The lowest BCUT2D eigenvalue weighted by Crippen LogP contribution is -2.10. The highest BCUT2D eigenvalue weighted by Gasteiger charge is 2.32. The maximum Gasteiger partial charge on any atom is 0.448 e. The molecule has 1 nitrogen and oxygen atoms in total. The molecule has 0 radical (unpaired) electrons. The number of allylic oxidation sites excluding steroid dienone is 2. The quantitative estimate of drug-likeness (QED) is 0.554. The molecular weight excluding hydrogens is 133 g/mol. The first kappa shape index (κ1) is 8.33. The molecule has 0 aliphatic carbocycles. The van der Waals surface area contributed by atoms with Crippen LogP contribution in [0.15, 0.2) is 11.8 Å². The molecule has 54 valence electrons. The zero-order chi connectivity index (χ0) is 7.49. The smallest absolute Gasteiger partial charge is 0.448 e. The van der Waals surface area contributed by atoms with Gasteiger partial charge in [0, 0.05) is 0 Å². The summed E-state index contributed by atoms with van der Waals surface area (Å²) in [5.74, 6) is -1.51. The lowest BCUT2D eigenvalue weighted by molar-refractivity contribution is -0.120. The minimum atomic E-state index is -4.57. The number of rotatable bonds is 1. The predicted molar refractivity (Wildman–Crippen MR) is 27.1 cm³/mol. The van der Waals surface area contributed by atoms with Crippen molar-refractivity contribution >= 4 is 0 Å². The Hall–Kier alpha value is -0.670. The third kappa shape index (κ3) is 3.00. The first-order valence-corrected chi connectivity index (χ1v) is 2.44. The van der Waals surface area contributed by atoms with Crippen LogP contribution in [0.4, 0.5) is 13.2 Å². The second kappa shape index (κ2) is 2.75. The molecule has 0 atom stereocenters. The first-order chi connectivity index (χ1) is 3.98. The van der Waals surface area contributed by atoms with Crippen molar-refractivity contribution in [1.82, 2.24) is 0 Å². The fourth-order valence-electron chi connectivity index (χ4n) is 0.309. The van der Waals surface area contributed by atoms with Gasteiger partial charge in [-0.3, -0.25) is 0 Å². The van der Waals surface area contributed by atoms with Gasteiger partial charge >= 0.3 is 6.18 Å². The summed E-state index contributed by atoms with van der Waals surface area (Å²) in [6, 6.07) is 0. The second-order valence-electron chi connectivity index (χ2n) is 1.50. The third-order valence-electron chi connectivity index (χ3n) is 0.688. The van der Waals surface area contributed by atoms with Gasteiger partial charge in [-0.15, -0.1) is 0 Å². The second-order valence-corrected chi connectivity index (χ2v) is 1.50. The van der Waals surface area contributed by atoms with E-state index < -0.39 is 11.9 Å². The molecule has 0 aliphatic rings. The van der Waals surface area contributed by atoms with E-state index in [-0.39, 0.29) is 6.42 Å². The topological polar surface area (TPSA) is 20.2 Å². The third-order valence-corrected chi connectivity index (χ3v) is 0.688. The molecule has 0 aromatic carbocycles. The van der Waals surface area contributed by atoms with Gasteiger partial charge in [-0.25, -0.2) is 0 Å². The van der Waals surface area contributed by atoms with Crippen LogP contribution in [0.1, 0.15) is 13.3 Å². The molecule has 0 unspecified atom stereocenters. The summed E-state index contributed by atoms with van der Waals surface area (Å²) >= 11 is 0. The zero-order valence-electron chi connectivity index (χ0n) is 4.87. The van der Waals surface area contributed by atoms with Crippen molar-refractivity contribution < 1.29 is 18.3 Å².